The van der Waals surface area contributed by atoms with Crippen molar-refractivity contribution < 1.29 is 13.2 Å². The highest BCUT2D eigenvalue weighted by molar-refractivity contribution is 7.89. The van der Waals surface area contributed by atoms with E-state index in [1.165, 1.54) is 0 Å². The molecule has 120 valence electrons. The Morgan fingerprint density at radius 1 is 1.32 bits per heavy atom. The molecule has 0 aliphatic rings. The van der Waals surface area contributed by atoms with Gasteiger partial charge in [0.1, 0.15) is 12.4 Å². The molecule has 0 unspecified atom stereocenters. The summed E-state index contributed by atoms with van der Waals surface area (Å²) in [7, 11) is -3.36. The molecule has 0 aliphatic heterocycles. The molecular weight excluding hydrogens is 302 g/mol. The average molecular weight is 323 g/mol. The van der Waals surface area contributed by atoms with E-state index in [0.29, 0.717) is 12.3 Å². The van der Waals surface area contributed by atoms with Gasteiger partial charge in [0.2, 0.25) is 10.0 Å². The van der Waals surface area contributed by atoms with Crippen LogP contribution >= 0.6 is 0 Å². The van der Waals surface area contributed by atoms with Crippen LogP contribution in [-0.4, -0.2) is 37.1 Å². The van der Waals surface area contributed by atoms with Crippen molar-refractivity contribution in [3.8, 4) is 5.75 Å². The standard InChI is InChI=1S/C15H21N3O3S/c1-13-10-16-18(12-13)14(2)11-17-22(19,20)9-8-21-15-6-4-3-5-7-15/h3-7,10,12,14,17H,8-9,11H2,1-2H3/t14-/m1/s1. The molecule has 0 radical (unpaired) electrons. The molecule has 2 aromatic rings. The summed E-state index contributed by atoms with van der Waals surface area (Å²) in [6, 6.07) is 9.11. The van der Waals surface area contributed by atoms with Crippen molar-refractivity contribution in [1.29, 1.82) is 0 Å². The van der Waals surface area contributed by atoms with Crippen LogP contribution in [0.15, 0.2) is 42.7 Å². The molecular formula is C15H21N3O3S. The molecule has 1 N–H and O–H groups in total. The number of para-hydroxylation sites is 1. The number of hydrogen-bond acceptors (Lipinski definition) is 4. The first-order chi connectivity index (χ1) is 10.5. The fraction of sp³-hybridized carbons (Fsp3) is 0.400. The van der Waals surface area contributed by atoms with Gasteiger partial charge in [-0.25, -0.2) is 13.1 Å². The predicted molar refractivity (Wildman–Crippen MR) is 85.4 cm³/mol. The third kappa shape index (κ3) is 5.16. The number of aromatic nitrogens is 2. The minimum absolute atomic E-state index is 0.0430. The minimum Gasteiger partial charge on any atom is -0.492 e. The molecule has 6 nitrogen and oxygen atoms in total. The van der Waals surface area contributed by atoms with Crippen LogP contribution in [0.5, 0.6) is 5.75 Å². The maximum atomic E-state index is 11.9. The fourth-order valence-corrected chi connectivity index (χ4v) is 2.82. The largest absolute Gasteiger partial charge is 0.492 e. The van der Waals surface area contributed by atoms with E-state index in [1.807, 2.05) is 38.2 Å². The van der Waals surface area contributed by atoms with Crippen molar-refractivity contribution in [3.05, 3.63) is 48.3 Å². The summed E-state index contributed by atoms with van der Waals surface area (Å²) in [6.07, 6.45) is 3.64. The van der Waals surface area contributed by atoms with Gasteiger partial charge in [-0.2, -0.15) is 5.10 Å². The second-order valence-corrected chi connectivity index (χ2v) is 7.10. The van der Waals surface area contributed by atoms with Crippen LogP contribution in [0.1, 0.15) is 18.5 Å². The molecule has 2 rings (SSSR count). The van der Waals surface area contributed by atoms with Crippen molar-refractivity contribution >= 4 is 10.0 Å². The Morgan fingerprint density at radius 3 is 2.68 bits per heavy atom. The van der Waals surface area contributed by atoms with Crippen molar-refractivity contribution in [1.82, 2.24) is 14.5 Å². The number of ether oxygens (including phenoxy) is 1. The molecule has 0 aliphatic carbocycles. The highest BCUT2D eigenvalue weighted by Crippen LogP contribution is 2.08. The summed E-state index contributed by atoms with van der Waals surface area (Å²) in [5.74, 6) is 0.588. The molecule has 0 bridgehead atoms. The second-order valence-electron chi connectivity index (χ2n) is 5.18. The van der Waals surface area contributed by atoms with Gasteiger partial charge in [0, 0.05) is 12.7 Å². The summed E-state index contributed by atoms with van der Waals surface area (Å²) in [5, 5.41) is 4.18. The molecule has 0 saturated heterocycles. The first-order valence-electron chi connectivity index (χ1n) is 7.12. The van der Waals surface area contributed by atoms with Crippen molar-refractivity contribution in [2.45, 2.75) is 19.9 Å². The molecule has 1 atom stereocenters. The Morgan fingerprint density at radius 2 is 2.05 bits per heavy atom. The topological polar surface area (TPSA) is 73.2 Å². The quantitative estimate of drug-likeness (QED) is 0.803. The van der Waals surface area contributed by atoms with E-state index < -0.39 is 10.0 Å². The van der Waals surface area contributed by atoms with Gasteiger partial charge < -0.3 is 4.74 Å². The van der Waals surface area contributed by atoms with Crippen LogP contribution in [0.2, 0.25) is 0 Å². The number of hydrogen-bond donors (Lipinski definition) is 1. The monoisotopic (exact) mass is 323 g/mol. The second kappa shape index (κ2) is 7.42. The van der Waals surface area contributed by atoms with Gasteiger partial charge in [-0.1, -0.05) is 18.2 Å². The lowest BCUT2D eigenvalue weighted by molar-refractivity contribution is 0.340. The van der Waals surface area contributed by atoms with Crippen LogP contribution < -0.4 is 9.46 Å². The summed E-state index contributed by atoms with van der Waals surface area (Å²) >= 11 is 0. The number of benzene rings is 1. The number of rotatable bonds is 8. The van der Waals surface area contributed by atoms with Gasteiger partial charge >= 0.3 is 0 Å². The summed E-state index contributed by atoms with van der Waals surface area (Å²) < 4.78 is 33.6. The van der Waals surface area contributed by atoms with E-state index in [2.05, 4.69) is 9.82 Å². The highest BCUT2D eigenvalue weighted by Gasteiger charge is 2.13. The van der Waals surface area contributed by atoms with Gasteiger partial charge in [-0.15, -0.1) is 0 Å². The Labute approximate surface area is 131 Å². The zero-order valence-corrected chi connectivity index (χ0v) is 13.6. The fourth-order valence-electron chi connectivity index (χ4n) is 1.87. The molecule has 1 heterocycles. The van der Waals surface area contributed by atoms with E-state index in [0.717, 1.165) is 5.56 Å². The van der Waals surface area contributed by atoms with Gasteiger partial charge in [0.15, 0.2) is 0 Å². The van der Waals surface area contributed by atoms with Crippen LogP contribution in [0, 0.1) is 6.92 Å². The van der Waals surface area contributed by atoms with Gasteiger partial charge in [-0.3, -0.25) is 4.68 Å². The van der Waals surface area contributed by atoms with E-state index in [4.69, 9.17) is 4.74 Å². The Kier molecular flexibility index (Phi) is 5.57. The van der Waals surface area contributed by atoms with Crippen molar-refractivity contribution in [2.75, 3.05) is 18.9 Å². The molecule has 22 heavy (non-hydrogen) atoms. The predicted octanol–water partition coefficient (Wildman–Crippen LogP) is 1.75. The molecule has 0 saturated carbocycles. The Balaban J connectivity index is 1.76. The van der Waals surface area contributed by atoms with Crippen LogP contribution in [0.3, 0.4) is 0 Å². The molecule has 0 fully saturated rings. The van der Waals surface area contributed by atoms with Crippen LogP contribution in [0.25, 0.3) is 0 Å². The van der Waals surface area contributed by atoms with Crippen molar-refractivity contribution in [2.24, 2.45) is 0 Å². The first-order valence-corrected chi connectivity index (χ1v) is 8.77. The van der Waals surface area contributed by atoms with Gasteiger partial charge in [-0.05, 0) is 31.5 Å². The highest BCUT2D eigenvalue weighted by atomic mass is 32.2. The lowest BCUT2D eigenvalue weighted by atomic mass is 10.3. The van der Waals surface area contributed by atoms with Gasteiger partial charge in [0.25, 0.3) is 0 Å². The Bertz CT molecular complexity index is 683. The number of aryl methyl sites for hydroxylation is 1. The number of nitrogens with one attached hydrogen (secondary N) is 1. The van der Waals surface area contributed by atoms with Crippen LogP contribution in [-0.2, 0) is 10.0 Å². The Hall–Kier alpha value is -1.86. The zero-order chi connectivity index (χ0) is 16.0. The lowest BCUT2D eigenvalue weighted by Gasteiger charge is -2.14. The maximum absolute atomic E-state index is 11.9. The van der Waals surface area contributed by atoms with Crippen molar-refractivity contribution in [3.63, 3.8) is 0 Å². The van der Waals surface area contributed by atoms with E-state index in [9.17, 15) is 8.42 Å². The molecule has 0 spiro atoms. The van der Waals surface area contributed by atoms with Gasteiger partial charge in [0.05, 0.1) is 18.0 Å². The SMILES string of the molecule is Cc1cnn([C@H](C)CNS(=O)(=O)CCOc2ccccc2)c1. The van der Waals surface area contributed by atoms with E-state index in [-0.39, 0.29) is 18.4 Å². The minimum atomic E-state index is -3.36. The molecule has 7 heteroatoms. The summed E-state index contributed by atoms with van der Waals surface area (Å²) in [5.41, 5.74) is 1.05. The lowest BCUT2D eigenvalue weighted by Crippen LogP contribution is -2.33. The maximum Gasteiger partial charge on any atom is 0.215 e. The smallest absolute Gasteiger partial charge is 0.215 e. The first kappa shape index (κ1) is 16.5. The number of sulfonamides is 1. The molecule has 0 amide bonds. The van der Waals surface area contributed by atoms with E-state index >= 15 is 0 Å². The summed E-state index contributed by atoms with van der Waals surface area (Å²) in [4.78, 5) is 0. The summed E-state index contributed by atoms with van der Waals surface area (Å²) in [6.45, 7) is 4.28. The third-order valence-electron chi connectivity index (χ3n) is 3.14. The third-order valence-corrected chi connectivity index (χ3v) is 4.46. The zero-order valence-electron chi connectivity index (χ0n) is 12.8. The van der Waals surface area contributed by atoms with E-state index in [1.54, 1.807) is 23.0 Å². The normalized spacial score (nSPS) is 13.0. The van der Waals surface area contributed by atoms with Crippen LogP contribution in [0.4, 0.5) is 0 Å². The molecule has 1 aromatic carbocycles. The molecule has 1 aromatic heterocycles. The number of nitrogens with zero attached hydrogens (tertiary/aromatic N) is 2. The average Bonchev–Trinajstić information content (AvgIpc) is 2.92.